The van der Waals surface area contributed by atoms with Gasteiger partial charge in [-0.2, -0.15) is 0 Å². The number of ketones is 1. The van der Waals surface area contributed by atoms with Crippen molar-refractivity contribution in [2.45, 2.75) is 13.8 Å². The monoisotopic (exact) mass is 204 g/mol. The average molecular weight is 204 g/mol. The molecule has 0 fully saturated rings. The topological polar surface area (TPSA) is 35.5 Å². The lowest BCUT2D eigenvalue weighted by Crippen LogP contribution is -1.95. The van der Waals surface area contributed by atoms with E-state index in [0.717, 1.165) is 5.57 Å². The van der Waals surface area contributed by atoms with E-state index in [9.17, 15) is 4.79 Å². The van der Waals surface area contributed by atoms with Gasteiger partial charge in [0.15, 0.2) is 17.3 Å². The highest BCUT2D eigenvalue weighted by molar-refractivity contribution is 6.05. The van der Waals surface area contributed by atoms with Crippen LogP contribution in [0.4, 0.5) is 0 Å². The Kier molecular flexibility index (Phi) is 2.46. The lowest BCUT2D eigenvalue weighted by molar-refractivity contribution is 0.104. The Bertz CT molecular complexity index is 428. The molecule has 3 heteroatoms. The van der Waals surface area contributed by atoms with E-state index in [2.05, 4.69) is 0 Å². The minimum atomic E-state index is -0.00620. The molecule has 0 aromatic heterocycles. The normalized spacial score (nSPS) is 12.4. The third kappa shape index (κ3) is 2.01. The molecule has 0 atom stereocenters. The predicted octanol–water partition coefficient (Wildman–Crippen LogP) is 2.56. The van der Waals surface area contributed by atoms with Crippen LogP contribution in [0, 0.1) is 0 Å². The summed E-state index contributed by atoms with van der Waals surface area (Å²) in [7, 11) is 0. The van der Waals surface area contributed by atoms with Gasteiger partial charge in [0.2, 0.25) is 6.79 Å². The molecule has 15 heavy (non-hydrogen) atoms. The van der Waals surface area contributed by atoms with Crippen LogP contribution in [-0.2, 0) is 0 Å². The van der Waals surface area contributed by atoms with Crippen LogP contribution in [0.25, 0.3) is 0 Å². The molecule has 0 saturated carbocycles. The van der Waals surface area contributed by atoms with Crippen molar-refractivity contribution in [2.75, 3.05) is 6.79 Å². The Morgan fingerprint density at radius 3 is 2.73 bits per heavy atom. The van der Waals surface area contributed by atoms with Gasteiger partial charge in [-0.3, -0.25) is 4.79 Å². The van der Waals surface area contributed by atoms with Crippen LogP contribution >= 0.6 is 0 Å². The highest BCUT2D eigenvalue weighted by Gasteiger charge is 2.14. The molecule has 0 N–H and O–H groups in total. The number of carbonyl (C=O) groups excluding carboxylic acids is 1. The van der Waals surface area contributed by atoms with Gasteiger partial charge in [0.1, 0.15) is 0 Å². The van der Waals surface area contributed by atoms with Gasteiger partial charge in [-0.15, -0.1) is 0 Å². The van der Waals surface area contributed by atoms with E-state index < -0.39 is 0 Å². The summed E-state index contributed by atoms with van der Waals surface area (Å²) in [6, 6.07) is 5.22. The summed E-state index contributed by atoms with van der Waals surface area (Å²) >= 11 is 0. The average Bonchev–Trinajstić information content (AvgIpc) is 2.62. The van der Waals surface area contributed by atoms with Crippen molar-refractivity contribution in [3.05, 3.63) is 35.4 Å². The highest BCUT2D eigenvalue weighted by Crippen LogP contribution is 2.32. The molecular formula is C12H12O3. The molecule has 2 rings (SSSR count). The Balaban J connectivity index is 2.31. The third-order valence-corrected chi connectivity index (χ3v) is 2.08. The number of hydrogen-bond donors (Lipinski definition) is 0. The van der Waals surface area contributed by atoms with Gasteiger partial charge < -0.3 is 9.47 Å². The van der Waals surface area contributed by atoms with E-state index >= 15 is 0 Å². The summed E-state index contributed by atoms with van der Waals surface area (Å²) in [5.41, 5.74) is 1.61. The van der Waals surface area contributed by atoms with Crippen LogP contribution in [0.15, 0.2) is 29.8 Å². The standard InChI is InChI=1S/C12H12O3/c1-8(2)5-10(13)9-3-4-11-12(6-9)15-7-14-11/h3-6H,7H2,1-2H3. The third-order valence-electron chi connectivity index (χ3n) is 2.08. The second-order valence-electron chi connectivity index (χ2n) is 3.65. The van der Waals surface area contributed by atoms with Crippen molar-refractivity contribution in [1.29, 1.82) is 0 Å². The minimum Gasteiger partial charge on any atom is -0.454 e. The maximum absolute atomic E-state index is 11.7. The first-order chi connectivity index (χ1) is 7.16. The zero-order chi connectivity index (χ0) is 10.8. The van der Waals surface area contributed by atoms with E-state index in [1.165, 1.54) is 0 Å². The predicted molar refractivity (Wildman–Crippen MR) is 56.3 cm³/mol. The molecule has 1 aliphatic heterocycles. The van der Waals surface area contributed by atoms with Crippen molar-refractivity contribution < 1.29 is 14.3 Å². The Morgan fingerprint density at radius 2 is 2.00 bits per heavy atom. The van der Waals surface area contributed by atoms with Gasteiger partial charge >= 0.3 is 0 Å². The number of benzene rings is 1. The van der Waals surface area contributed by atoms with Crippen LogP contribution < -0.4 is 9.47 Å². The number of ether oxygens (including phenoxy) is 2. The summed E-state index contributed by atoms with van der Waals surface area (Å²) in [4.78, 5) is 11.7. The van der Waals surface area contributed by atoms with Crippen LogP contribution in [0.2, 0.25) is 0 Å². The number of allylic oxidation sites excluding steroid dienone is 2. The summed E-state index contributed by atoms with van der Waals surface area (Å²) in [6.07, 6.45) is 1.61. The highest BCUT2D eigenvalue weighted by atomic mass is 16.7. The quantitative estimate of drug-likeness (QED) is 0.548. The maximum atomic E-state index is 11.7. The van der Waals surface area contributed by atoms with Crippen molar-refractivity contribution in [3.63, 3.8) is 0 Å². The molecule has 0 unspecified atom stereocenters. The zero-order valence-corrected chi connectivity index (χ0v) is 8.74. The first-order valence-electron chi connectivity index (χ1n) is 4.76. The van der Waals surface area contributed by atoms with Gasteiger partial charge in [-0.25, -0.2) is 0 Å². The van der Waals surface area contributed by atoms with E-state index in [0.29, 0.717) is 17.1 Å². The minimum absolute atomic E-state index is 0.00620. The maximum Gasteiger partial charge on any atom is 0.231 e. The van der Waals surface area contributed by atoms with E-state index in [4.69, 9.17) is 9.47 Å². The number of rotatable bonds is 2. The smallest absolute Gasteiger partial charge is 0.231 e. The van der Waals surface area contributed by atoms with Crippen molar-refractivity contribution >= 4 is 5.78 Å². The first-order valence-corrected chi connectivity index (χ1v) is 4.76. The number of hydrogen-bond acceptors (Lipinski definition) is 3. The zero-order valence-electron chi connectivity index (χ0n) is 8.74. The lowest BCUT2D eigenvalue weighted by Gasteiger charge is -1.99. The summed E-state index contributed by atoms with van der Waals surface area (Å²) in [6.45, 7) is 4.02. The van der Waals surface area contributed by atoms with Crippen LogP contribution in [-0.4, -0.2) is 12.6 Å². The fourth-order valence-corrected chi connectivity index (χ4v) is 1.40. The first kappa shape index (κ1) is 9.77. The molecule has 0 amide bonds. The van der Waals surface area contributed by atoms with Gasteiger partial charge in [-0.05, 0) is 38.1 Å². The molecule has 0 radical (unpaired) electrons. The van der Waals surface area contributed by atoms with Crippen LogP contribution in [0.3, 0.4) is 0 Å². The molecule has 0 saturated heterocycles. The molecule has 0 spiro atoms. The molecule has 1 heterocycles. The molecular weight excluding hydrogens is 192 g/mol. The molecule has 1 aromatic carbocycles. The summed E-state index contributed by atoms with van der Waals surface area (Å²) in [5, 5.41) is 0. The van der Waals surface area contributed by atoms with E-state index in [1.54, 1.807) is 24.3 Å². The fraction of sp³-hybridized carbons (Fsp3) is 0.250. The number of carbonyl (C=O) groups is 1. The van der Waals surface area contributed by atoms with E-state index in [-0.39, 0.29) is 12.6 Å². The second-order valence-corrected chi connectivity index (χ2v) is 3.65. The summed E-state index contributed by atoms with van der Waals surface area (Å²) in [5.74, 6) is 1.33. The van der Waals surface area contributed by atoms with Crippen LogP contribution in [0.1, 0.15) is 24.2 Å². The van der Waals surface area contributed by atoms with Gasteiger partial charge in [-0.1, -0.05) is 5.57 Å². The van der Waals surface area contributed by atoms with Crippen molar-refractivity contribution in [3.8, 4) is 11.5 Å². The van der Waals surface area contributed by atoms with E-state index in [1.807, 2.05) is 13.8 Å². The van der Waals surface area contributed by atoms with Crippen LogP contribution in [0.5, 0.6) is 11.5 Å². The second kappa shape index (κ2) is 3.77. The lowest BCUT2D eigenvalue weighted by atomic mass is 10.1. The Morgan fingerprint density at radius 1 is 1.27 bits per heavy atom. The Hall–Kier alpha value is -1.77. The largest absolute Gasteiger partial charge is 0.454 e. The van der Waals surface area contributed by atoms with Gasteiger partial charge in [0.25, 0.3) is 0 Å². The molecule has 78 valence electrons. The van der Waals surface area contributed by atoms with Crippen molar-refractivity contribution in [1.82, 2.24) is 0 Å². The molecule has 1 aliphatic rings. The van der Waals surface area contributed by atoms with Gasteiger partial charge in [0.05, 0.1) is 0 Å². The fourth-order valence-electron chi connectivity index (χ4n) is 1.40. The molecule has 0 aliphatic carbocycles. The molecule has 1 aromatic rings. The van der Waals surface area contributed by atoms with Crippen molar-refractivity contribution in [2.24, 2.45) is 0 Å². The van der Waals surface area contributed by atoms with Gasteiger partial charge in [0, 0.05) is 5.56 Å². The summed E-state index contributed by atoms with van der Waals surface area (Å²) < 4.78 is 10.4. The molecule has 3 nitrogen and oxygen atoms in total. The number of fused-ring (bicyclic) bond motifs is 1. The SMILES string of the molecule is CC(C)=CC(=O)c1ccc2c(c1)OCO2. The molecule has 0 bridgehead atoms. The Labute approximate surface area is 88.3 Å².